The second-order valence-corrected chi connectivity index (χ2v) is 4.13. The zero-order valence-corrected chi connectivity index (χ0v) is 10.3. The third-order valence-corrected chi connectivity index (χ3v) is 2.73. The van der Waals surface area contributed by atoms with Gasteiger partial charge >= 0.3 is 0 Å². The number of benzene rings is 1. The molecular weight excluding hydrogens is 206 g/mol. The number of thiol groups is 1. The number of aryl methyl sites for hydroxylation is 3. The topological polar surface area (TPSA) is 29.1 Å². The zero-order chi connectivity index (χ0) is 11.4. The van der Waals surface area contributed by atoms with Crippen LogP contribution < -0.4 is 5.32 Å². The van der Waals surface area contributed by atoms with Crippen LogP contribution in [0.15, 0.2) is 12.1 Å². The highest BCUT2D eigenvalue weighted by Crippen LogP contribution is 2.15. The fourth-order valence-electron chi connectivity index (χ4n) is 1.73. The van der Waals surface area contributed by atoms with Crippen LogP contribution in [0.2, 0.25) is 0 Å². The van der Waals surface area contributed by atoms with Crippen molar-refractivity contribution in [3.8, 4) is 0 Å². The number of rotatable bonds is 3. The summed E-state index contributed by atoms with van der Waals surface area (Å²) in [7, 11) is 0. The Kier molecular flexibility index (Phi) is 4.21. The first-order chi connectivity index (χ1) is 7.04. The SMILES string of the molecule is Cc1cc(C)c(CNC(=O)CS)c(C)c1. The summed E-state index contributed by atoms with van der Waals surface area (Å²) in [5.41, 5.74) is 4.92. The van der Waals surface area contributed by atoms with Gasteiger partial charge in [-0.1, -0.05) is 17.7 Å². The molecule has 2 nitrogen and oxygen atoms in total. The van der Waals surface area contributed by atoms with Crippen LogP contribution in [0.4, 0.5) is 0 Å². The van der Waals surface area contributed by atoms with Gasteiger partial charge in [0.15, 0.2) is 0 Å². The van der Waals surface area contributed by atoms with Crippen molar-refractivity contribution >= 4 is 18.5 Å². The molecule has 1 rings (SSSR count). The van der Waals surface area contributed by atoms with Gasteiger partial charge in [-0.25, -0.2) is 0 Å². The highest BCUT2D eigenvalue weighted by Gasteiger charge is 2.05. The molecule has 0 unspecified atom stereocenters. The van der Waals surface area contributed by atoms with Crippen LogP contribution in [-0.2, 0) is 11.3 Å². The molecule has 0 heterocycles. The third kappa shape index (κ3) is 3.27. The number of carbonyl (C=O) groups is 1. The summed E-state index contributed by atoms with van der Waals surface area (Å²) in [6.45, 7) is 6.82. The normalized spacial score (nSPS) is 10.1. The first-order valence-electron chi connectivity index (χ1n) is 4.99. The molecule has 1 aromatic carbocycles. The average molecular weight is 223 g/mol. The van der Waals surface area contributed by atoms with Gasteiger partial charge in [0, 0.05) is 6.54 Å². The first-order valence-corrected chi connectivity index (χ1v) is 5.62. The summed E-state index contributed by atoms with van der Waals surface area (Å²) in [6, 6.07) is 4.27. The van der Waals surface area contributed by atoms with Crippen molar-refractivity contribution < 1.29 is 4.79 Å². The Bertz CT molecular complexity index is 351. The molecule has 1 N–H and O–H groups in total. The van der Waals surface area contributed by atoms with Gasteiger partial charge < -0.3 is 5.32 Å². The van der Waals surface area contributed by atoms with Crippen LogP contribution in [0.1, 0.15) is 22.3 Å². The molecule has 82 valence electrons. The van der Waals surface area contributed by atoms with Crippen LogP contribution in [0, 0.1) is 20.8 Å². The van der Waals surface area contributed by atoms with Crippen molar-refractivity contribution in [2.75, 3.05) is 5.75 Å². The van der Waals surface area contributed by atoms with Crippen LogP contribution >= 0.6 is 12.6 Å². The lowest BCUT2D eigenvalue weighted by Gasteiger charge is -2.11. The fourth-order valence-corrected chi connectivity index (χ4v) is 1.84. The van der Waals surface area contributed by atoms with Crippen molar-refractivity contribution in [2.45, 2.75) is 27.3 Å². The molecule has 3 heteroatoms. The van der Waals surface area contributed by atoms with E-state index >= 15 is 0 Å². The third-order valence-electron chi connectivity index (χ3n) is 2.45. The zero-order valence-electron chi connectivity index (χ0n) is 9.42. The summed E-state index contributed by atoms with van der Waals surface area (Å²) in [5, 5.41) is 2.83. The molecule has 0 aliphatic heterocycles. The van der Waals surface area contributed by atoms with Gasteiger partial charge in [0.2, 0.25) is 5.91 Å². The van der Waals surface area contributed by atoms with Crippen molar-refractivity contribution in [2.24, 2.45) is 0 Å². The molecule has 15 heavy (non-hydrogen) atoms. The quantitative estimate of drug-likeness (QED) is 0.755. The van der Waals surface area contributed by atoms with E-state index in [0.29, 0.717) is 6.54 Å². The molecule has 0 saturated carbocycles. The van der Waals surface area contributed by atoms with Gasteiger partial charge in [0.25, 0.3) is 0 Å². The first kappa shape index (κ1) is 12.1. The molecule has 0 atom stereocenters. The van der Waals surface area contributed by atoms with E-state index < -0.39 is 0 Å². The Labute approximate surface area is 96.5 Å². The van der Waals surface area contributed by atoms with E-state index in [0.717, 1.165) is 0 Å². The predicted octanol–water partition coefficient (Wildman–Crippen LogP) is 2.16. The Hall–Kier alpha value is -0.960. The predicted molar refractivity (Wildman–Crippen MR) is 66.4 cm³/mol. The second-order valence-electron chi connectivity index (χ2n) is 3.81. The minimum absolute atomic E-state index is 0.0299. The van der Waals surface area contributed by atoms with Gasteiger partial charge in [0.1, 0.15) is 0 Å². The van der Waals surface area contributed by atoms with Gasteiger partial charge in [-0.15, -0.1) is 0 Å². The van der Waals surface area contributed by atoms with Gasteiger partial charge in [-0.2, -0.15) is 12.6 Å². The summed E-state index contributed by atoms with van der Waals surface area (Å²) < 4.78 is 0. The Morgan fingerprint density at radius 2 is 1.80 bits per heavy atom. The van der Waals surface area contributed by atoms with Crippen LogP contribution in [0.3, 0.4) is 0 Å². The number of hydrogen-bond donors (Lipinski definition) is 2. The van der Waals surface area contributed by atoms with E-state index in [1.54, 1.807) is 0 Å². The molecule has 0 bridgehead atoms. The standard InChI is InChI=1S/C12H17NOS/c1-8-4-9(2)11(10(3)5-8)6-13-12(14)7-15/h4-5,15H,6-7H2,1-3H3,(H,13,14). The van der Waals surface area contributed by atoms with Crippen LogP contribution in [-0.4, -0.2) is 11.7 Å². The molecule has 0 radical (unpaired) electrons. The van der Waals surface area contributed by atoms with E-state index in [1.807, 2.05) is 0 Å². The minimum Gasteiger partial charge on any atom is -0.351 e. The molecule has 0 spiro atoms. The number of hydrogen-bond acceptors (Lipinski definition) is 2. The fraction of sp³-hybridized carbons (Fsp3) is 0.417. The largest absolute Gasteiger partial charge is 0.351 e. The van der Waals surface area contributed by atoms with E-state index in [2.05, 4.69) is 50.8 Å². The maximum atomic E-state index is 11.1. The van der Waals surface area contributed by atoms with Gasteiger partial charge in [-0.3, -0.25) is 4.79 Å². The maximum Gasteiger partial charge on any atom is 0.229 e. The Morgan fingerprint density at radius 1 is 1.27 bits per heavy atom. The molecule has 0 saturated heterocycles. The van der Waals surface area contributed by atoms with Gasteiger partial charge in [0.05, 0.1) is 5.75 Å². The highest BCUT2D eigenvalue weighted by molar-refractivity contribution is 7.81. The van der Waals surface area contributed by atoms with E-state index in [4.69, 9.17) is 0 Å². The van der Waals surface area contributed by atoms with Crippen molar-refractivity contribution in [1.82, 2.24) is 5.32 Å². The lowest BCUT2D eigenvalue weighted by atomic mass is 10.00. The number of amides is 1. The van der Waals surface area contributed by atoms with Crippen molar-refractivity contribution in [3.05, 3.63) is 34.4 Å². The van der Waals surface area contributed by atoms with Gasteiger partial charge in [-0.05, 0) is 37.5 Å². The lowest BCUT2D eigenvalue weighted by Crippen LogP contribution is -2.24. The van der Waals surface area contributed by atoms with E-state index in [1.165, 1.54) is 22.3 Å². The van der Waals surface area contributed by atoms with Crippen molar-refractivity contribution in [3.63, 3.8) is 0 Å². The Morgan fingerprint density at radius 3 is 2.27 bits per heavy atom. The monoisotopic (exact) mass is 223 g/mol. The number of nitrogens with one attached hydrogen (secondary N) is 1. The van der Waals surface area contributed by atoms with Crippen LogP contribution in [0.25, 0.3) is 0 Å². The maximum absolute atomic E-state index is 11.1. The molecular formula is C12H17NOS. The number of carbonyl (C=O) groups excluding carboxylic acids is 1. The van der Waals surface area contributed by atoms with E-state index in [9.17, 15) is 4.79 Å². The van der Waals surface area contributed by atoms with Crippen molar-refractivity contribution in [1.29, 1.82) is 0 Å². The van der Waals surface area contributed by atoms with Crippen LogP contribution in [0.5, 0.6) is 0 Å². The molecule has 0 aliphatic carbocycles. The molecule has 1 amide bonds. The summed E-state index contributed by atoms with van der Waals surface area (Å²) >= 11 is 3.92. The molecule has 0 aliphatic rings. The second kappa shape index (κ2) is 5.21. The summed E-state index contributed by atoms with van der Waals surface area (Å²) in [6.07, 6.45) is 0. The molecule has 0 fully saturated rings. The molecule has 0 aromatic heterocycles. The highest BCUT2D eigenvalue weighted by atomic mass is 32.1. The smallest absolute Gasteiger partial charge is 0.229 e. The lowest BCUT2D eigenvalue weighted by molar-refractivity contribution is -0.118. The Balaban J connectivity index is 2.81. The van der Waals surface area contributed by atoms with E-state index in [-0.39, 0.29) is 11.7 Å². The summed E-state index contributed by atoms with van der Waals surface area (Å²) in [4.78, 5) is 11.1. The summed E-state index contributed by atoms with van der Waals surface area (Å²) in [5.74, 6) is 0.210. The average Bonchev–Trinajstić information content (AvgIpc) is 2.15. The molecule has 1 aromatic rings. The minimum atomic E-state index is -0.0299.